The van der Waals surface area contributed by atoms with Crippen LogP contribution in [0.3, 0.4) is 0 Å². The minimum atomic E-state index is -2.22. The Morgan fingerprint density at radius 1 is 1.06 bits per heavy atom. The van der Waals surface area contributed by atoms with Gasteiger partial charge in [-0.05, 0) is 60.7 Å². The average Bonchev–Trinajstić information content (AvgIpc) is 2.09. The van der Waals surface area contributed by atoms with Crippen LogP contribution < -0.4 is 5.32 Å². The fraction of sp³-hybridized carbons (Fsp3) is 1.00. The average molecular weight is 257 g/mol. The standard InChI is InChI=1S/C15H25F2N/c1-13-3-11-4-14(2,7-13)9-15(5-11,8-13)10-18-6-12(16)17/h11-12,18H,3-10H2,1-2H3. The van der Waals surface area contributed by atoms with Gasteiger partial charge in [-0.25, -0.2) is 8.78 Å². The zero-order valence-corrected chi connectivity index (χ0v) is 11.6. The molecular weight excluding hydrogens is 232 g/mol. The quantitative estimate of drug-likeness (QED) is 0.807. The summed E-state index contributed by atoms with van der Waals surface area (Å²) in [6, 6.07) is 0. The predicted octanol–water partition coefficient (Wildman–Crippen LogP) is 3.84. The molecule has 2 unspecified atom stereocenters. The van der Waals surface area contributed by atoms with Crippen LogP contribution in [-0.4, -0.2) is 19.5 Å². The van der Waals surface area contributed by atoms with Crippen molar-refractivity contribution in [3.8, 4) is 0 Å². The largest absolute Gasteiger partial charge is 0.311 e. The van der Waals surface area contributed by atoms with Gasteiger partial charge in [-0.15, -0.1) is 0 Å². The molecule has 4 aliphatic rings. The molecule has 0 amide bonds. The number of hydrogen-bond donors (Lipinski definition) is 1. The number of nitrogens with one attached hydrogen (secondary N) is 1. The van der Waals surface area contributed by atoms with Crippen molar-refractivity contribution in [2.24, 2.45) is 22.2 Å². The van der Waals surface area contributed by atoms with E-state index in [4.69, 9.17) is 0 Å². The number of alkyl halides is 2. The van der Waals surface area contributed by atoms with E-state index in [0.717, 1.165) is 12.5 Å². The van der Waals surface area contributed by atoms with Gasteiger partial charge in [-0.3, -0.25) is 0 Å². The summed E-state index contributed by atoms with van der Waals surface area (Å²) >= 11 is 0. The molecular formula is C15H25F2N. The summed E-state index contributed by atoms with van der Waals surface area (Å²) in [4.78, 5) is 0. The molecule has 2 atom stereocenters. The summed E-state index contributed by atoms with van der Waals surface area (Å²) in [5.41, 5.74) is 1.29. The summed E-state index contributed by atoms with van der Waals surface area (Å²) in [7, 11) is 0. The van der Waals surface area contributed by atoms with Gasteiger partial charge in [0.15, 0.2) is 0 Å². The Balaban J connectivity index is 1.72. The van der Waals surface area contributed by atoms with Gasteiger partial charge in [0.25, 0.3) is 6.43 Å². The highest BCUT2D eigenvalue weighted by atomic mass is 19.3. The van der Waals surface area contributed by atoms with E-state index in [0.29, 0.717) is 16.2 Å². The lowest BCUT2D eigenvalue weighted by molar-refractivity contribution is -0.143. The van der Waals surface area contributed by atoms with E-state index in [9.17, 15) is 8.78 Å². The zero-order valence-electron chi connectivity index (χ0n) is 11.6. The highest BCUT2D eigenvalue weighted by Gasteiger charge is 2.59. The van der Waals surface area contributed by atoms with E-state index in [2.05, 4.69) is 19.2 Å². The van der Waals surface area contributed by atoms with Crippen LogP contribution in [-0.2, 0) is 0 Å². The Morgan fingerprint density at radius 2 is 1.67 bits per heavy atom. The van der Waals surface area contributed by atoms with E-state index in [1.54, 1.807) is 0 Å². The van der Waals surface area contributed by atoms with Gasteiger partial charge >= 0.3 is 0 Å². The number of halogens is 2. The summed E-state index contributed by atoms with van der Waals surface area (Å²) in [5, 5.41) is 3.03. The summed E-state index contributed by atoms with van der Waals surface area (Å²) in [6.45, 7) is 5.52. The van der Waals surface area contributed by atoms with Crippen molar-refractivity contribution in [3.63, 3.8) is 0 Å². The molecule has 0 aromatic heterocycles. The van der Waals surface area contributed by atoms with E-state index in [-0.39, 0.29) is 6.54 Å². The molecule has 3 heteroatoms. The monoisotopic (exact) mass is 257 g/mol. The van der Waals surface area contributed by atoms with Gasteiger partial charge in [0, 0.05) is 6.54 Å². The summed E-state index contributed by atoms with van der Waals surface area (Å²) < 4.78 is 24.6. The highest BCUT2D eigenvalue weighted by molar-refractivity contribution is 5.10. The molecule has 0 aliphatic heterocycles. The topological polar surface area (TPSA) is 12.0 Å². The van der Waals surface area contributed by atoms with Crippen molar-refractivity contribution < 1.29 is 8.78 Å². The van der Waals surface area contributed by atoms with Crippen molar-refractivity contribution in [3.05, 3.63) is 0 Å². The van der Waals surface area contributed by atoms with Crippen LogP contribution in [0.25, 0.3) is 0 Å². The van der Waals surface area contributed by atoms with Crippen molar-refractivity contribution in [2.75, 3.05) is 13.1 Å². The molecule has 0 saturated heterocycles. The zero-order chi connectivity index (χ0) is 13.0. The molecule has 4 fully saturated rings. The van der Waals surface area contributed by atoms with Crippen LogP contribution in [0.15, 0.2) is 0 Å². The number of hydrogen-bond acceptors (Lipinski definition) is 1. The van der Waals surface area contributed by atoms with E-state index >= 15 is 0 Å². The second kappa shape index (κ2) is 3.91. The first kappa shape index (κ1) is 12.8. The lowest BCUT2D eigenvalue weighted by Crippen LogP contribution is -2.57. The fourth-order valence-corrected chi connectivity index (χ4v) is 6.33. The lowest BCUT2D eigenvalue weighted by atomic mass is 9.40. The van der Waals surface area contributed by atoms with E-state index in [1.807, 2.05) is 0 Å². The normalized spacial score (nSPS) is 50.2. The van der Waals surface area contributed by atoms with Crippen LogP contribution in [0, 0.1) is 22.2 Å². The van der Waals surface area contributed by atoms with Gasteiger partial charge in [0.05, 0.1) is 6.54 Å². The highest BCUT2D eigenvalue weighted by Crippen LogP contribution is 2.69. The van der Waals surface area contributed by atoms with Crippen LogP contribution in [0.2, 0.25) is 0 Å². The Kier molecular flexibility index (Phi) is 2.79. The molecule has 0 aromatic carbocycles. The van der Waals surface area contributed by atoms with Crippen molar-refractivity contribution in [1.29, 1.82) is 0 Å². The smallest absolute Gasteiger partial charge is 0.250 e. The first-order valence-corrected chi connectivity index (χ1v) is 7.31. The molecule has 0 spiro atoms. The minimum Gasteiger partial charge on any atom is -0.311 e. The second-order valence-corrected chi connectivity index (χ2v) is 8.15. The van der Waals surface area contributed by atoms with Gasteiger partial charge in [0.2, 0.25) is 0 Å². The Hall–Kier alpha value is -0.180. The Morgan fingerprint density at radius 3 is 2.17 bits per heavy atom. The first-order chi connectivity index (χ1) is 8.32. The van der Waals surface area contributed by atoms with Gasteiger partial charge < -0.3 is 5.32 Å². The fourth-order valence-electron chi connectivity index (χ4n) is 6.33. The Bertz CT molecular complexity index is 323. The van der Waals surface area contributed by atoms with Crippen molar-refractivity contribution in [2.45, 2.75) is 58.8 Å². The van der Waals surface area contributed by atoms with Gasteiger partial charge in [0.1, 0.15) is 0 Å². The van der Waals surface area contributed by atoms with E-state index < -0.39 is 6.43 Å². The Labute approximate surface area is 109 Å². The molecule has 104 valence electrons. The molecule has 4 rings (SSSR count). The third-order valence-corrected chi connectivity index (χ3v) is 5.54. The minimum absolute atomic E-state index is 0.139. The van der Waals surface area contributed by atoms with Crippen LogP contribution in [0.1, 0.15) is 52.4 Å². The maximum atomic E-state index is 12.3. The van der Waals surface area contributed by atoms with Crippen LogP contribution >= 0.6 is 0 Å². The molecule has 0 radical (unpaired) electrons. The molecule has 18 heavy (non-hydrogen) atoms. The molecule has 4 saturated carbocycles. The SMILES string of the molecule is CC12CC3CC(C)(C1)CC(CNCC(F)F)(C3)C2. The molecule has 0 aromatic rings. The third-order valence-electron chi connectivity index (χ3n) is 5.54. The molecule has 0 heterocycles. The third kappa shape index (κ3) is 2.19. The maximum Gasteiger partial charge on any atom is 0.250 e. The molecule has 4 bridgehead atoms. The second-order valence-electron chi connectivity index (χ2n) is 8.15. The number of rotatable bonds is 4. The molecule has 4 aliphatic carbocycles. The summed E-state index contributed by atoms with van der Waals surface area (Å²) in [6.07, 6.45) is 5.66. The van der Waals surface area contributed by atoms with E-state index in [1.165, 1.54) is 38.5 Å². The van der Waals surface area contributed by atoms with Gasteiger partial charge in [-0.2, -0.15) is 0 Å². The first-order valence-electron chi connectivity index (χ1n) is 7.31. The maximum absolute atomic E-state index is 12.3. The molecule has 1 nitrogen and oxygen atoms in total. The van der Waals surface area contributed by atoms with Crippen LogP contribution in [0.5, 0.6) is 0 Å². The lowest BCUT2D eigenvalue weighted by Gasteiger charge is -2.65. The van der Waals surface area contributed by atoms with Crippen molar-refractivity contribution in [1.82, 2.24) is 5.32 Å². The molecule has 1 N–H and O–H groups in total. The van der Waals surface area contributed by atoms with Gasteiger partial charge in [-0.1, -0.05) is 13.8 Å². The van der Waals surface area contributed by atoms with Crippen molar-refractivity contribution >= 4 is 0 Å². The van der Waals surface area contributed by atoms with Crippen LogP contribution in [0.4, 0.5) is 8.78 Å². The summed E-state index contributed by atoms with van der Waals surface area (Å²) in [5.74, 6) is 0.851. The predicted molar refractivity (Wildman–Crippen MR) is 68.7 cm³/mol.